The monoisotopic (exact) mass is 389 g/mol. The Morgan fingerprint density at radius 2 is 1.83 bits per heavy atom. The van der Waals surface area contributed by atoms with Gasteiger partial charge in [-0.2, -0.15) is 5.10 Å². The van der Waals surface area contributed by atoms with Gasteiger partial charge in [0.2, 0.25) is 5.91 Å². The van der Waals surface area contributed by atoms with Gasteiger partial charge in [0.1, 0.15) is 6.54 Å². The minimum absolute atomic E-state index is 0.00240. The Morgan fingerprint density at radius 1 is 1.17 bits per heavy atom. The second kappa shape index (κ2) is 7.30. The van der Waals surface area contributed by atoms with E-state index >= 15 is 0 Å². The highest BCUT2D eigenvalue weighted by Crippen LogP contribution is 2.19. The van der Waals surface area contributed by atoms with Crippen LogP contribution < -0.4 is 5.56 Å². The Morgan fingerprint density at radius 3 is 2.50 bits per heavy atom. The average molecular weight is 390 g/mol. The number of amides is 1. The largest absolute Gasteiger partial charge is 0.341 e. The molecule has 1 aromatic heterocycles. The summed E-state index contributed by atoms with van der Waals surface area (Å²) in [4.78, 5) is 26.3. The molecule has 0 unspecified atom stereocenters. The van der Waals surface area contributed by atoms with E-state index in [-0.39, 0.29) is 18.0 Å². The van der Waals surface area contributed by atoms with Crippen LogP contribution in [0.25, 0.3) is 11.3 Å². The van der Waals surface area contributed by atoms with Crippen molar-refractivity contribution in [3.63, 3.8) is 0 Å². The molecule has 1 aliphatic rings. The molecule has 5 nitrogen and oxygen atoms in total. The van der Waals surface area contributed by atoms with Gasteiger partial charge in [0.25, 0.3) is 5.56 Å². The third kappa shape index (κ3) is 3.93. The normalized spacial score (nSPS) is 15.5. The van der Waals surface area contributed by atoms with Crippen molar-refractivity contribution in [1.82, 2.24) is 14.7 Å². The molecule has 1 amide bonds. The van der Waals surface area contributed by atoms with Crippen molar-refractivity contribution in [2.75, 3.05) is 13.1 Å². The van der Waals surface area contributed by atoms with E-state index in [0.717, 1.165) is 36.0 Å². The van der Waals surface area contributed by atoms with Crippen LogP contribution in [-0.2, 0) is 11.3 Å². The first-order valence-corrected chi connectivity index (χ1v) is 8.94. The molecule has 2 aromatic rings. The van der Waals surface area contributed by atoms with Gasteiger partial charge >= 0.3 is 0 Å². The highest BCUT2D eigenvalue weighted by molar-refractivity contribution is 9.10. The maximum Gasteiger partial charge on any atom is 0.267 e. The van der Waals surface area contributed by atoms with E-state index in [1.54, 1.807) is 6.07 Å². The van der Waals surface area contributed by atoms with Gasteiger partial charge in [0, 0.05) is 29.2 Å². The predicted molar refractivity (Wildman–Crippen MR) is 96.6 cm³/mol. The SMILES string of the molecule is CC1CCN(C(=O)Cn2nc(-c3ccc(Br)cc3)ccc2=O)CC1. The van der Waals surface area contributed by atoms with Crippen molar-refractivity contribution >= 4 is 21.8 Å². The topological polar surface area (TPSA) is 55.2 Å². The number of likely N-dealkylation sites (tertiary alicyclic amines) is 1. The molecule has 0 aliphatic carbocycles. The number of piperidine rings is 1. The number of benzene rings is 1. The summed E-state index contributed by atoms with van der Waals surface area (Å²) in [6, 6.07) is 10.9. The number of nitrogens with zero attached hydrogens (tertiary/aromatic N) is 3. The van der Waals surface area contributed by atoms with Crippen LogP contribution in [0.1, 0.15) is 19.8 Å². The summed E-state index contributed by atoms with van der Waals surface area (Å²) < 4.78 is 2.24. The summed E-state index contributed by atoms with van der Waals surface area (Å²) in [5.74, 6) is 0.625. The second-order valence-electron chi connectivity index (χ2n) is 6.28. The van der Waals surface area contributed by atoms with Gasteiger partial charge in [-0.05, 0) is 37.0 Å². The van der Waals surface area contributed by atoms with Gasteiger partial charge in [-0.25, -0.2) is 4.68 Å². The lowest BCUT2D eigenvalue weighted by atomic mass is 9.99. The van der Waals surface area contributed by atoms with Crippen LogP contribution in [0.15, 0.2) is 45.7 Å². The standard InChI is InChI=1S/C18H20BrN3O2/c1-13-8-10-21(11-9-13)18(24)12-22-17(23)7-6-16(20-22)14-2-4-15(19)5-3-14/h2-7,13H,8-12H2,1H3. The fourth-order valence-electron chi connectivity index (χ4n) is 2.82. The zero-order valence-corrected chi connectivity index (χ0v) is 15.2. The van der Waals surface area contributed by atoms with Crippen molar-refractivity contribution < 1.29 is 4.79 Å². The van der Waals surface area contributed by atoms with E-state index < -0.39 is 0 Å². The number of hydrogen-bond acceptors (Lipinski definition) is 3. The number of rotatable bonds is 3. The smallest absolute Gasteiger partial charge is 0.267 e. The average Bonchev–Trinajstić information content (AvgIpc) is 2.58. The maximum absolute atomic E-state index is 12.4. The van der Waals surface area contributed by atoms with Crippen molar-refractivity contribution in [3.8, 4) is 11.3 Å². The highest BCUT2D eigenvalue weighted by Gasteiger charge is 2.21. The maximum atomic E-state index is 12.4. The van der Waals surface area contributed by atoms with Gasteiger partial charge < -0.3 is 4.90 Å². The molecule has 0 saturated carbocycles. The summed E-state index contributed by atoms with van der Waals surface area (Å²) in [6.45, 7) is 3.73. The zero-order valence-electron chi connectivity index (χ0n) is 13.6. The lowest BCUT2D eigenvalue weighted by Gasteiger charge is -2.30. The van der Waals surface area contributed by atoms with Crippen LogP contribution >= 0.6 is 15.9 Å². The van der Waals surface area contributed by atoms with Gasteiger partial charge in [0.15, 0.2) is 0 Å². The molecular weight excluding hydrogens is 370 g/mol. The molecule has 0 spiro atoms. The summed E-state index contributed by atoms with van der Waals surface area (Å²) >= 11 is 3.40. The molecule has 1 aromatic carbocycles. The summed E-state index contributed by atoms with van der Waals surface area (Å²) in [6.07, 6.45) is 2.04. The first kappa shape index (κ1) is 16.9. The van der Waals surface area contributed by atoms with E-state index in [1.165, 1.54) is 10.7 Å². The molecule has 0 radical (unpaired) electrons. The van der Waals surface area contributed by atoms with Crippen LogP contribution in [-0.4, -0.2) is 33.7 Å². The van der Waals surface area contributed by atoms with Gasteiger partial charge in [0.05, 0.1) is 5.69 Å². The number of aromatic nitrogens is 2. The molecule has 126 valence electrons. The van der Waals surface area contributed by atoms with Gasteiger partial charge in [-0.3, -0.25) is 9.59 Å². The third-order valence-corrected chi connectivity index (χ3v) is 4.96. The Labute approximate surface area is 149 Å². The molecule has 24 heavy (non-hydrogen) atoms. The van der Waals surface area contributed by atoms with E-state index in [0.29, 0.717) is 11.6 Å². The fraction of sp³-hybridized carbons (Fsp3) is 0.389. The Hall–Kier alpha value is -1.95. The van der Waals surface area contributed by atoms with Crippen LogP contribution in [0.2, 0.25) is 0 Å². The minimum atomic E-state index is -0.255. The molecule has 6 heteroatoms. The molecule has 1 saturated heterocycles. The fourth-order valence-corrected chi connectivity index (χ4v) is 3.09. The van der Waals surface area contributed by atoms with Crippen LogP contribution in [0.3, 0.4) is 0 Å². The molecular formula is C18H20BrN3O2. The third-order valence-electron chi connectivity index (χ3n) is 4.43. The second-order valence-corrected chi connectivity index (χ2v) is 7.20. The molecule has 2 heterocycles. The zero-order chi connectivity index (χ0) is 17.1. The van der Waals surface area contributed by atoms with Crippen LogP contribution in [0.5, 0.6) is 0 Å². The molecule has 0 N–H and O–H groups in total. The van der Waals surface area contributed by atoms with Crippen LogP contribution in [0.4, 0.5) is 0 Å². The Kier molecular flexibility index (Phi) is 5.14. The molecule has 0 atom stereocenters. The first-order chi connectivity index (χ1) is 11.5. The minimum Gasteiger partial charge on any atom is -0.341 e. The van der Waals surface area contributed by atoms with Crippen LogP contribution in [0, 0.1) is 5.92 Å². The van der Waals surface area contributed by atoms with Crippen molar-refractivity contribution in [1.29, 1.82) is 0 Å². The van der Waals surface area contributed by atoms with E-state index in [9.17, 15) is 9.59 Å². The van der Waals surface area contributed by atoms with E-state index in [4.69, 9.17) is 0 Å². The van der Waals surface area contributed by atoms with Crippen molar-refractivity contribution in [2.45, 2.75) is 26.3 Å². The summed E-state index contributed by atoms with van der Waals surface area (Å²) in [5, 5.41) is 4.36. The highest BCUT2D eigenvalue weighted by atomic mass is 79.9. The Bertz CT molecular complexity index is 778. The molecule has 1 fully saturated rings. The predicted octanol–water partition coefficient (Wildman–Crippen LogP) is 2.93. The molecule has 1 aliphatic heterocycles. The number of halogens is 1. The molecule has 3 rings (SSSR count). The van der Waals surface area contributed by atoms with E-state index in [1.807, 2.05) is 29.2 Å². The Balaban J connectivity index is 1.78. The number of carbonyl (C=O) groups is 1. The van der Waals surface area contributed by atoms with Crippen molar-refractivity contribution in [2.24, 2.45) is 5.92 Å². The van der Waals surface area contributed by atoms with Gasteiger partial charge in [-0.15, -0.1) is 0 Å². The molecule has 0 bridgehead atoms. The number of carbonyl (C=O) groups excluding carboxylic acids is 1. The van der Waals surface area contributed by atoms with Gasteiger partial charge in [-0.1, -0.05) is 35.0 Å². The summed E-state index contributed by atoms with van der Waals surface area (Å²) in [7, 11) is 0. The summed E-state index contributed by atoms with van der Waals surface area (Å²) in [5.41, 5.74) is 1.34. The lowest BCUT2D eigenvalue weighted by molar-refractivity contribution is -0.133. The quantitative estimate of drug-likeness (QED) is 0.810. The van der Waals surface area contributed by atoms with Crippen molar-refractivity contribution in [3.05, 3.63) is 51.2 Å². The van der Waals surface area contributed by atoms with E-state index in [2.05, 4.69) is 28.0 Å². The number of hydrogen-bond donors (Lipinski definition) is 0. The lowest BCUT2D eigenvalue weighted by Crippen LogP contribution is -2.41. The first-order valence-electron chi connectivity index (χ1n) is 8.15.